The van der Waals surface area contributed by atoms with Crippen LogP contribution < -0.4 is 20.1 Å². The molecule has 0 aromatic heterocycles. The summed E-state index contributed by atoms with van der Waals surface area (Å²) in [6.45, 7) is 5.10. The third-order valence-electron chi connectivity index (χ3n) is 4.50. The van der Waals surface area contributed by atoms with E-state index in [4.69, 9.17) is 9.47 Å². The number of hydrogen-bond donors (Lipinski definition) is 2. The first-order valence-corrected chi connectivity index (χ1v) is 10.4. The van der Waals surface area contributed by atoms with Crippen molar-refractivity contribution in [3.8, 4) is 11.5 Å². The monoisotopic (exact) mass is 408 g/mol. The maximum atomic E-state index is 12.4. The molecule has 1 aliphatic rings. The number of rotatable bonds is 10. The Morgan fingerprint density at radius 1 is 1.07 bits per heavy atom. The van der Waals surface area contributed by atoms with Gasteiger partial charge in [-0.1, -0.05) is 25.1 Å². The van der Waals surface area contributed by atoms with Crippen LogP contribution in [-0.4, -0.2) is 31.1 Å². The molecule has 2 N–H and O–H groups in total. The number of hydrogen-bond acceptors (Lipinski definition) is 4. The topological polar surface area (TPSA) is 76.7 Å². The zero-order valence-electron chi connectivity index (χ0n) is 17.4. The molecule has 0 unspecified atom stereocenters. The first-order chi connectivity index (χ1) is 14.6. The second kappa shape index (κ2) is 10.5. The van der Waals surface area contributed by atoms with Crippen LogP contribution in [0.4, 0.5) is 5.69 Å². The minimum absolute atomic E-state index is 0.165. The first-order valence-electron chi connectivity index (χ1n) is 10.4. The SMILES string of the molecule is CCCOc1ccc(/C=C/C(=O)Nc2ccccc2C(=O)NC2CC2)cc1OCC. The summed E-state index contributed by atoms with van der Waals surface area (Å²) >= 11 is 0. The van der Waals surface area contributed by atoms with E-state index < -0.39 is 0 Å². The molecular formula is C24H28N2O4. The number of nitrogens with one attached hydrogen (secondary N) is 2. The highest BCUT2D eigenvalue weighted by Gasteiger charge is 2.24. The summed E-state index contributed by atoms with van der Waals surface area (Å²) in [5, 5.41) is 5.74. The smallest absolute Gasteiger partial charge is 0.253 e. The number of ether oxygens (including phenoxy) is 2. The van der Waals surface area contributed by atoms with Crippen LogP contribution in [0.1, 0.15) is 49.0 Å². The highest BCUT2D eigenvalue weighted by atomic mass is 16.5. The van der Waals surface area contributed by atoms with Crippen molar-refractivity contribution in [3.63, 3.8) is 0 Å². The molecule has 0 heterocycles. The van der Waals surface area contributed by atoms with Gasteiger partial charge in [-0.15, -0.1) is 0 Å². The van der Waals surface area contributed by atoms with Gasteiger partial charge in [-0.3, -0.25) is 9.59 Å². The zero-order chi connectivity index (χ0) is 21.3. The number of carbonyl (C=O) groups is 2. The van der Waals surface area contributed by atoms with E-state index in [2.05, 4.69) is 10.6 Å². The summed E-state index contributed by atoms with van der Waals surface area (Å²) < 4.78 is 11.4. The van der Waals surface area contributed by atoms with Gasteiger partial charge in [-0.05, 0) is 62.1 Å². The van der Waals surface area contributed by atoms with Crippen molar-refractivity contribution >= 4 is 23.6 Å². The molecule has 2 amide bonds. The summed E-state index contributed by atoms with van der Waals surface area (Å²) in [5.41, 5.74) is 1.77. The predicted molar refractivity (Wildman–Crippen MR) is 118 cm³/mol. The molecular weight excluding hydrogens is 380 g/mol. The lowest BCUT2D eigenvalue weighted by molar-refractivity contribution is -0.111. The number of para-hydroxylation sites is 1. The van der Waals surface area contributed by atoms with Crippen LogP contribution in [0.5, 0.6) is 11.5 Å². The van der Waals surface area contributed by atoms with Gasteiger partial charge in [-0.2, -0.15) is 0 Å². The Labute approximate surface area is 177 Å². The summed E-state index contributed by atoms with van der Waals surface area (Å²) in [4.78, 5) is 24.8. The molecule has 1 saturated carbocycles. The fourth-order valence-corrected chi connectivity index (χ4v) is 2.86. The Balaban J connectivity index is 1.67. The molecule has 1 aliphatic carbocycles. The fraction of sp³-hybridized carbons (Fsp3) is 0.333. The lowest BCUT2D eigenvalue weighted by Crippen LogP contribution is -2.26. The molecule has 0 saturated heterocycles. The predicted octanol–water partition coefficient (Wildman–Crippen LogP) is 4.42. The minimum Gasteiger partial charge on any atom is -0.490 e. The zero-order valence-corrected chi connectivity index (χ0v) is 17.4. The molecule has 0 spiro atoms. The van der Waals surface area contributed by atoms with E-state index in [0.717, 1.165) is 24.8 Å². The lowest BCUT2D eigenvalue weighted by atomic mass is 10.1. The van der Waals surface area contributed by atoms with E-state index in [9.17, 15) is 9.59 Å². The third-order valence-corrected chi connectivity index (χ3v) is 4.50. The van der Waals surface area contributed by atoms with Crippen molar-refractivity contribution in [2.75, 3.05) is 18.5 Å². The molecule has 2 aromatic carbocycles. The van der Waals surface area contributed by atoms with Gasteiger partial charge in [0.2, 0.25) is 5.91 Å². The average Bonchev–Trinajstić information content (AvgIpc) is 3.56. The molecule has 3 rings (SSSR count). The van der Waals surface area contributed by atoms with E-state index in [1.807, 2.05) is 32.0 Å². The number of benzene rings is 2. The van der Waals surface area contributed by atoms with Crippen LogP contribution in [0, 0.1) is 0 Å². The van der Waals surface area contributed by atoms with Crippen molar-refractivity contribution in [2.24, 2.45) is 0 Å². The van der Waals surface area contributed by atoms with E-state index in [1.54, 1.807) is 30.3 Å². The third kappa shape index (κ3) is 6.11. The van der Waals surface area contributed by atoms with E-state index in [1.165, 1.54) is 6.08 Å². The fourth-order valence-electron chi connectivity index (χ4n) is 2.86. The van der Waals surface area contributed by atoms with Crippen molar-refractivity contribution in [3.05, 3.63) is 59.7 Å². The molecule has 6 heteroatoms. The second-order valence-electron chi connectivity index (χ2n) is 7.10. The molecule has 0 radical (unpaired) electrons. The van der Waals surface area contributed by atoms with Gasteiger partial charge in [0.25, 0.3) is 5.91 Å². The first kappa shape index (κ1) is 21.4. The molecule has 1 fully saturated rings. The minimum atomic E-state index is -0.314. The Bertz CT molecular complexity index is 919. The molecule has 0 atom stereocenters. The van der Waals surface area contributed by atoms with E-state index >= 15 is 0 Å². The van der Waals surface area contributed by atoms with Crippen molar-refractivity contribution < 1.29 is 19.1 Å². The van der Waals surface area contributed by atoms with Crippen LogP contribution in [0.3, 0.4) is 0 Å². The Hall–Kier alpha value is -3.28. The summed E-state index contributed by atoms with van der Waals surface area (Å²) in [6.07, 6.45) is 6.07. The lowest BCUT2D eigenvalue weighted by Gasteiger charge is -2.12. The van der Waals surface area contributed by atoms with Crippen LogP contribution in [-0.2, 0) is 4.79 Å². The quantitative estimate of drug-likeness (QED) is 0.571. The normalized spacial score (nSPS) is 13.1. The van der Waals surface area contributed by atoms with Gasteiger partial charge >= 0.3 is 0 Å². The van der Waals surface area contributed by atoms with Gasteiger partial charge < -0.3 is 20.1 Å². The second-order valence-corrected chi connectivity index (χ2v) is 7.10. The van der Waals surface area contributed by atoms with Crippen LogP contribution >= 0.6 is 0 Å². The highest BCUT2D eigenvalue weighted by molar-refractivity contribution is 6.07. The number of amides is 2. The van der Waals surface area contributed by atoms with Crippen LogP contribution in [0.2, 0.25) is 0 Å². The average molecular weight is 408 g/mol. The van der Waals surface area contributed by atoms with Crippen molar-refractivity contribution in [1.82, 2.24) is 5.32 Å². The molecule has 0 bridgehead atoms. The highest BCUT2D eigenvalue weighted by Crippen LogP contribution is 2.29. The van der Waals surface area contributed by atoms with Gasteiger partial charge in [0, 0.05) is 12.1 Å². The van der Waals surface area contributed by atoms with E-state index in [0.29, 0.717) is 36.0 Å². The summed E-state index contributed by atoms with van der Waals surface area (Å²) in [7, 11) is 0. The summed E-state index contributed by atoms with van der Waals surface area (Å²) in [6, 6.07) is 12.8. The molecule has 0 aliphatic heterocycles. The molecule has 2 aromatic rings. The van der Waals surface area contributed by atoms with Crippen LogP contribution in [0.25, 0.3) is 6.08 Å². The molecule has 30 heavy (non-hydrogen) atoms. The van der Waals surface area contributed by atoms with Gasteiger partial charge in [0.1, 0.15) is 0 Å². The Morgan fingerprint density at radius 2 is 1.87 bits per heavy atom. The van der Waals surface area contributed by atoms with Gasteiger partial charge in [-0.25, -0.2) is 0 Å². The molecule has 6 nitrogen and oxygen atoms in total. The Morgan fingerprint density at radius 3 is 2.60 bits per heavy atom. The van der Waals surface area contributed by atoms with Crippen molar-refractivity contribution in [2.45, 2.75) is 39.2 Å². The maximum Gasteiger partial charge on any atom is 0.253 e. The summed E-state index contributed by atoms with van der Waals surface area (Å²) in [5.74, 6) is 0.860. The largest absolute Gasteiger partial charge is 0.490 e. The maximum absolute atomic E-state index is 12.4. The number of carbonyl (C=O) groups excluding carboxylic acids is 2. The van der Waals surface area contributed by atoms with Gasteiger partial charge in [0.15, 0.2) is 11.5 Å². The Kier molecular flexibility index (Phi) is 7.49. The number of anilines is 1. The molecule has 158 valence electrons. The van der Waals surface area contributed by atoms with Gasteiger partial charge in [0.05, 0.1) is 24.5 Å². The van der Waals surface area contributed by atoms with Crippen molar-refractivity contribution in [1.29, 1.82) is 0 Å². The standard InChI is InChI=1S/C24H28N2O4/c1-3-15-30-21-13-9-17(16-22(21)29-4-2)10-14-23(27)26-20-8-6-5-7-19(20)24(28)25-18-11-12-18/h5-10,13-14,16,18H,3-4,11-12,15H2,1-2H3,(H,25,28)(H,26,27)/b14-10+. The van der Waals surface area contributed by atoms with E-state index in [-0.39, 0.29) is 17.9 Å². The van der Waals surface area contributed by atoms with Crippen LogP contribution in [0.15, 0.2) is 48.5 Å².